The first kappa shape index (κ1) is 15.6. The van der Waals surface area contributed by atoms with Gasteiger partial charge in [0.05, 0.1) is 12.3 Å². The number of hydrogen-bond acceptors (Lipinski definition) is 5. The number of anilines is 2. The second kappa shape index (κ2) is 7.26. The van der Waals surface area contributed by atoms with E-state index in [0.717, 1.165) is 5.56 Å². The minimum absolute atomic E-state index is 0.115. The van der Waals surface area contributed by atoms with Gasteiger partial charge in [-0.3, -0.25) is 5.32 Å². The van der Waals surface area contributed by atoms with Crippen LogP contribution in [0.1, 0.15) is 12.5 Å². The summed E-state index contributed by atoms with van der Waals surface area (Å²) >= 11 is 0. The largest absolute Gasteiger partial charge is 0.473 e. The van der Waals surface area contributed by atoms with Crippen molar-refractivity contribution in [3.63, 3.8) is 0 Å². The van der Waals surface area contributed by atoms with Crippen molar-refractivity contribution in [1.29, 1.82) is 0 Å². The van der Waals surface area contributed by atoms with Crippen molar-refractivity contribution in [3.05, 3.63) is 47.8 Å². The lowest BCUT2D eigenvalue weighted by molar-refractivity contribution is 0.168. The highest BCUT2D eigenvalue weighted by atomic mass is 19.1. The number of nitrogens with zero attached hydrogens (tertiary/aromatic N) is 1. The lowest BCUT2D eigenvalue weighted by Gasteiger charge is -2.10. The Kier molecular flexibility index (Phi) is 5.13. The number of hydrogen-bond donors (Lipinski definition) is 2. The quantitative estimate of drug-likeness (QED) is 0.887. The summed E-state index contributed by atoms with van der Waals surface area (Å²) in [5, 5.41) is 2.47. The average molecular weight is 305 g/mol. The predicted octanol–water partition coefficient (Wildman–Crippen LogP) is 2.95. The summed E-state index contributed by atoms with van der Waals surface area (Å²) in [6.07, 6.45) is -0.601. The van der Waals surface area contributed by atoms with E-state index < -0.39 is 6.09 Å². The van der Waals surface area contributed by atoms with Gasteiger partial charge in [-0.1, -0.05) is 12.1 Å². The van der Waals surface area contributed by atoms with Crippen LogP contribution in [0.25, 0.3) is 0 Å². The first-order valence-electron chi connectivity index (χ1n) is 6.66. The Morgan fingerprint density at radius 1 is 1.27 bits per heavy atom. The van der Waals surface area contributed by atoms with Gasteiger partial charge in [0.2, 0.25) is 5.88 Å². The van der Waals surface area contributed by atoms with Gasteiger partial charge in [-0.15, -0.1) is 0 Å². The SMILES string of the molecule is CCOC(=O)Nc1ccc(OCc2ccc(F)cc2)nc1N. The van der Waals surface area contributed by atoms with E-state index in [-0.39, 0.29) is 24.8 Å². The Labute approximate surface area is 127 Å². The molecule has 2 rings (SSSR count). The predicted molar refractivity (Wildman–Crippen MR) is 80.0 cm³/mol. The number of pyridine rings is 1. The number of carbonyl (C=O) groups excluding carboxylic acids is 1. The summed E-state index contributed by atoms with van der Waals surface area (Å²) < 4.78 is 23.0. The van der Waals surface area contributed by atoms with E-state index in [2.05, 4.69) is 10.3 Å². The number of carbonyl (C=O) groups is 1. The minimum Gasteiger partial charge on any atom is -0.473 e. The zero-order chi connectivity index (χ0) is 15.9. The molecule has 3 N–H and O–H groups in total. The van der Waals surface area contributed by atoms with Crippen molar-refractivity contribution in [2.45, 2.75) is 13.5 Å². The molecule has 0 aliphatic carbocycles. The summed E-state index contributed by atoms with van der Waals surface area (Å²) in [4.78, 5) is 15.3. The van der Waals surface area contributed by atoms with E-state index in [9.17, 15) is 9.18 Å². The molecule has 22 heavy (non-hydrogen) atoms. The lowest BCUT2D eigenvalue weighted by atomic mass is 10.2. The van der Waals surface area contributed by atoms with E-state index >= 15 is 0 Å². The monoisotopic (exact) mass is 305 g/mol. The molecular formula is C15H16FN3O3. The number of nitrogens with one attached hydrogen (secondary N) is 1. The third-order valence-corrected chi connectivity index (χ3v) is 2.71. The normalized spacial score (nSPS) is 10.1. The lowest BCUT2D eigenvalue weighted by Crippen LogP contribution is -2.15. The number of halogens is 1. The molecule has 0 saturated carbocycles. The summed E-state index contributed by atoms with van der Waals surface area (Å²) in [7, 11) is 0. The maximum atomic E-state index is 12.8. The standard InChI is InChI=1S/C15H16FN3O3/c1-2-21-15(20)18-12-7-8-13(19-14(12)17)22-9-10-3-5-11(16)6-4-10/h3-8H,2,9H2,1H3,(H2,17,19)(H,18,20). The number of rotatable bonds is 5. The fourth-order valence-electron chi connectivity index (χ4n) is 1.66. The summed E-state index contributed by atoms with van der Waals surface area (Å²) in [5.74, 6) is 0.112. The van der Waals surface area contributed by atoms with Gasteiger partial charge >= 0.3 is 6.09 Å². The molecule has 6 nitrogen and oxygen atoms in total. The highest BCUT2D eigenvalue weighted by molar-refractivity contribution is 5.88. The Morgan fingerprint density at radius 3 is 2.64 bits per heavy atom. The van der Waals surface area contributed by atoms with Gasteiger partial charge in [-0.2, -0.15) is 4.98 Å². The molecule has 0 unspecified atom stereocenters. The number of aromatic nitrogens is 1. The third kappa shape index (κ3) is 4.34. The average Bonchev–Trinajstić information content (AvgIpc) is 2.49. The van der Waals surface area contributed by atoms with Gasteiger partial charge in [-0.25, -0.2) is 9.18 Å². The molecular weight excluding hydrogens is 289 g/mol. The number of ether oxygens (including phenoxy) is 2. The Hall–Kier alpha value is -2.83. The summed E-state index contributed by atoms with van der Waals surface area (Å²) in [6, 6.07) is 9.09. The van der Waals surface area contributed by atoms with Crippen LogP contribution in [-0.2, 0) is 11.3 Å². The molecule has 1 amide bonds. The Bertz CT molecular complexity index is 647. The molecule has 116 valence electrons. The maximum absolute atomic E-state index is 12.8. The minimum atomic E-state index is -0.601. The zero-order valence-electron chi connectivity index (χ0n) is 12.0. The molecule has 0 aliphatic rings. The summed E-state index contributed by atoms with van der Waals surface area (Å²) in [5.41, 5.74) is 6.89. The van der Waals surface area contributed by atoms with Gasteiger partial charge in [0.1, 0.15) is 12.4 Å². The van der Waals surface area contributed by atoms with Crippen LogP contribution in [0.15, 0.2) is 36.4 Å². The summed E-state index contributed by atoms with van der Waals surface area (Å²) in [6.45, 7) is 2.20. The van der Waals surface area contributed by atoms with Crippen molar-refractivity contribution in [2.75, 3.05) is 17.7 Å². The van der Waals surface area contributed by atoms with Crippen molar-refractivity contribution >= 4 is 17.6 Å². The van der Waals surface area contributed by atoms with E-state index in [4.69, 9.17) is 15.2 Å². The second-order valence-corrected chi connectivity index (χ2v) is 4.34. The maximum Gasteiger partial charge on any atom is 0.411 e. The zero-order valence-corrected chi connectivity index (χ0v) is 12.0. The highest BCUT2D eigenvalue weighted by Gasteiger charge is 2.08. The topological polar surface area (TPSA) is 86.5 Å². The van der Waals surface area contributed by atoms with E-state index in [1.165, 1.54) is 12.1 Å². The number of nitrogens with two attached hydrogens (primary N) is 1. The molecule has 1 aromatic carbocycles. The molecule has 0 bridgehead atoms. The van der Waals surface area contributed by atoms with Crippen LogP contribution in [0.2, 0.25) is 0 Å². The Morgan fingerprint density at radius 2 is 2.00 bits per heavy atom. The van der Waals surface area contributed by atoms with Crippen molar-refractivity contribution in [1.82, 2.24) is 4.98 Å². The van der Waals surface area contributed by atoms with E-state index in [1.807, 2.05) is 0 Å². The van der Waals surface area contributed by atoms with Crippen LogP contribution in [0.3, 0.4) is 0 Å². The van der Waals surface area contributed by atoms with Crippen LogP contribution >= 0.6 is 0 Å². The number of amides is 1. The molecule has 0 spiro atoms. The highest BCUT2D eigenvalue weighted by Crippen LogP contribution is 2.21. The Balaban J connectivity index is 1.97. The molecule has 1 heterocycles. The van der Waals surface area contributed by atoms with Gasteiger partial charge in [0.25, 0.3) is 0 Å². The molecule has 0 atom stereocenters. The van der Waals surface area contributed by atoms with Crippen LogP contribution < -0.4 is 15.8 Å². The smallest absolute Gasteiger partial charge is 0.411 e. The van der Waals surface area contributed by atoms with Gasteiger partial charge < -0.3 is 15.2 Å². The van der Waals surface area contributed by atoms with Gasteiger partial charge in [0.15, 0.2) is 5.82 Å². The molecule has 0 fully saturated rings. The first-order valence-corrected chi connectivity index (χ1v) is 6.66. The van der Waals surface area contributed by atoms with E-state index in [0.29, 0.717) is 11.6 Å². The van der Waals surface area contributed by atoms with Gasteiger partial charge in [0, 0.05) is 6.07 Å². The van der Waals surface area contributed by atoms with Crippen LogP contribution in [0, 0.1) is 5.82 Å². The van der Waals surface area contributed by atoms with Crippen LogP contribution in [0.5, 0.6) is 5.88 Å². The van der Waals surface area contributed by atoms with Gasteiger partial charge in [-0.05, 0) is 30.7 Å². The molecule has 1 aromatic heterocycles. The van der Waals surface area contributed by atoms with E-state index in [1.54, 1.807) is 31.2 Å². The second-order valence-electron chi connectivity index (χ2n) is 4.34. The van der Waals surface area contributed by atoms with Crippen LogP contribution in [0.4, 0.5) is 20.7 Å². The van der Waals surface area contributed by atoms with Crippen LogP contribution in [-0.4, -0.2) is 17.7 Å². The fourth-order valence-corrected chi connectivity index (χ4v) is 1.66. The fraction of sp³-hybridized carbons (Fsp3) is 0.200. The first-order chi connectivity index (χ1) is 10.6. The molecule has 0 aliphatic heterocycles. The van der Waals surface area contributed by atoms with Crippen molar-refractivity contribution in [2.24, 2.45) is 0 Å². The van der Waals surface area contributed by atoms with Crippen molar-refractivity contribution < 1.29 is 18.7 Å². The molecule has 0 radical (unpaired) electrons. The van der Waals surface area contributed by atoms with Crippen molar-refractivity contribution in [3.8, 4) is 5.88 Å². The molecule has 0 saturated heterocycles. The molecule has 2 aromatic rings. The number of nitrogen functional groups attached to an aromatic ring is 1. The molecule has 7 heteroatoms. The third-order valence-electron chi connectivity index (χ3n) is 2.71. The number of benzene rings is 1.